The third-order valence-electron chi connectivity index (χ3n) is 5.94. The standard InChI is InChI=1S/C23H25FN4O/c24-18-9-7-17(8-10-18)22-20-5-1-2-6-21(20)23(26-25-22)28-13-11-27(12-14-28)16-19-4-3-15-29-19/h1-2,5-10,19H,3-4,11-16H2. The second kappa shape index (κ2) is 8.05. The van der Waals surface area contributed by atoms with Crippen molar-refractivity contribution in [2.24, 2.45) is 0 Å². The first kappa shape index (κ1) is 18.5. The first-order valence-corrected chi connectivity index (χ1v) is 10.4. The number of halogens is 1. The second-order valence-electron chi connectivity index (χ2n) is 7.85. The van der Waals surface area contributed by atoms with Crippen molar-refractivity contribution in [2.45, 2.75) is 18.9 Å². The van der Waals surface area contributed by atoms with Crippen molar-refractivity contribution in [1.29, 1.82) is 0 Å². The molecule has 0 amide bonds. The molecule has 5 nitrogen and oxygen atoms in total. The molecule has 0 aliphatic carbocycles. The van der Waals surface area contributed by atoms with E-state index in [0.717, 1.165) is 67.2 Å². The minimum Gasteiger partial charge on any atom is -0.377 e. The van der Waals surface area contributed by atoms with E-state index in [-0.39, 0.29) is 5.82 Å². The monoisotopic (exact) mass is 392 g/mol. The molecule has 150 valence electrons. The van der Waals surface area contributed by atoms with Gasteiger partial charge in [0, 0.05) is 55.7 Å². The van der Waals surface area contributed by atoms with Crippen molar-refractivity contribution in [3.05, 3.63) is 54.3 Å². The van der Waals surface area contributed by atoms with Crippen LogP contribution in [0.2, 0.25) is 0 Å². The fourth-order valence-corrected chi connectivity index (χ4v) is 4.36. The summed E-state index contributed by atoms with van der Waals surface area (Å²) in [5.41, 5.74) is 1.67. The molecule has 2 aliphatic heterocycles. The van der Waals surface area contributed by atoms with Crippen molar-refractivity contribution >= 4 is 16.6 Å². The topological polar surface area (TPSA) is 41.5 Å². The van der Waals surface area contributed by atoms with Crippen LogP contribution in [0.4, 0.5) is 10.2 Å². The molecule has 1 aromatic heterocycles. The van der Waals surface area contributed by atoms with Crippen molar-refractivity contribution in [1.82, 2.24) is 15.1 Å². The Kier molecular flexibility index (Phi) is 5.12. The fourth-order valence-electron chi connectivity index (χ4n) is 4.36. The maximum absolute atomic E-state index is 13.3. The van der Waals surface area contributed by atoms with Gasteiger partial charge in [0.1, 0.15) is 11.5 Å². The maximum Gasteiger partial charge on any atom is 0.159 e. The molecule has 0 saturated carbocycles. The Balaban J connectivity index is 1.38. The van der Waals surface area contributed by atoms with Crippen LogP contribution in [0.25, 0.3) is 22.0 Å². The molecule has 5 rings (SSSR count). The maximum atomic E-state index is 13.3. The number of benzene rings is 2. The summed E-state index contributed by atoms with van der Waals surface area (Å²) < 4.78 is 19.1. The zero-order chi connectivity index (χ0) is 19.6. The number of anilines is 1. The van der Waals surface area contributed by atoms with Crippen LogP contribution in [0, 0.1) is 5.82 Å². The molecule has 6 heteroatoms. The molecule has 3 aromatic rings. The lowest BCUT2D eigenvalue weighted by Gasteiger charge is -2.36. The molecule has 0 spiro atoms. The average molecular weight is 392 g/mol. The Labute approximate surface area is 170 Å². The van der Waals surface area contributed by atoms with Crippen LogP contribution >= 0.6 is 0 Å². The van der Waals surface area contributed by atoms with Crippen LogP contribution in [-0.4, -0.2) is 60.5 Å². The summed E-state index contributed by atoms with van der Waals surface area (Å²) >= 11 is 0. The fraction of sp³-hybridized carbons (Fsp3) is 0.391. The first-order valence-electron chi connectivity index (χ1n) is 10.4. The molecule has 2 aromatic carbocycles. The molecule has 0 N–H and O–H groups in total. The molecule has 2 aliphatic rings. The zero-order valence-electron chi connectivity index (χ0n) is 16.4. The quantitative estimate of drug-likeness (QED) is 0.677. The number of piperazine rings is 1. The first-order chi connectivity index (χ1) is 14.3. The van der Waals surface area contributed by atoms with Gasteiger partial charge in [0.15, 0.2) is 5.82 Å². The van der Waals surface area contributed by atoms with E-state index in [1.54, 1.807) is 12.1 Å². The van der Waals surface area contributed by atoms with Gasteiger partial charge in [0.05, 0.1) is 6.10 Å². The number of nitrogens with zero attached hydrogens (tertiary/aromatic N) is 4. The van der Waals surface area contributed by atoms with Crippen molar-refractivity contribution in [3.63, 3.8) is 0 Å². The van der Waals surface area contributed by atoms with Gasteiger partial charge in [0.2, 0.25) is 0 Å². The minimum absolute atomic E-state index is 0.247. The molecule has 1 atom stereocenters. The summed E-state index contributed by atoms with van der Waals surface area (Å²) in [5, 5.41) is 11.3. The van der Waals surface area contributed by atoms with Crippen LogP contribution < -0.4 is 4.90 Å². The molecule has 1 unspecified atom stereocenters. The third kappa shape index (κ3) is 3.82. The van der Waals surface area contributed by atoms with E-state index in [0.29, 0.717) is 6.10 Å². The van der Waals surface area contributed by atoms with Crippen LogP contribution in [0.5, 0.6) is 0 Å². The molecule has 29 heavy (non-hydrogen) atoms. The second-order valence-corrected chi connectivity index (χ2v) is 7.85. The minimum atomic E-state index is -0.247. The van der Waals surface area contributed by atoms with Gasteiger partial charge in [-0.2, -0.15) is 0 Å². The van der Waals surface area contributed by atoms with E-state index in [1.165, 1.54) is 25.0 Å². The summed E-state index contributed by atoms with van der Waals surface area (Å²) in [6, 6.07) is 14.7. The van der Waals surface area contributed by atoms with Gasteiger partial charge in [-0.3, -0.25) is 4.90 Å². The van der Waals surface area contributed by atoms with Crippen LogP contribution in [0.1, 0.15) is 12.8 Å². The van der Waals surface area contributed by atoms with Crippen molar-refractivity contribution < 1.29 is 9.13 Å². The molecular formula is C23H25FN4O. The average Bonchev–Trinajstić information content (AvgIpc) is 3.27. The molecule has 3 heterocycles. The van der Waals surface area contributed by atoms with E-state index in [4.69, 9.17) is 4.74 Å². The van der Waals surface area contributed by atoms with Crippen LogP contribution in [0.15, 0.2) is 48.5 Å². The SMILES string of the molecule is Fc1ccc(-c2nnc(N3CCN(CC4CCCO4)CC3)c3ccccc23)cc1. The molecule has 0 radical (unpaired) electrons. The van der Waals surface area contributed by atoms with E-state index in [1.807, 2.05) is 12.1 Å². The highest BCUT2D eigenvalue weighted by Gasteiger charge is 2.24. The predicted octanol–water partition coefficient (Wildman–Crippen LogP) is 3.74. The van der Waals surface area contributed by atoms with Gasteiger partial charge < -0.3 is 9.64 Å². The summed E-state index contributed by atoms with van der Waals surface area (Å²) in [7, 11) is 0. The molecule has 2 saturated heterocycles. The third-order valence-corrected chi connectivity index (χ3v) is 5.94. The lowest BCUT2D eigenvalue weighted by Crippen LogP contribution is -2.48. The number of fused-ring (bicyclic) bond motifs is 1. The highest BCUT2D eigenvalue weighted by Crippen LogP contribution is 2.31. The summed E-state index contributed by atoms with van der Waals surface area (Å²) in [5.74, 6) is 0.687. The predicted molar refractivity (Wildman–Crippen MR) is 113 cm³/mol. The molecular weight excluding hydrogens is 367 g/mol. The van der Waals surface area contributed by atoms with E-state index < -0.39 is 0 Å². The Morgan fingerprint density at radius 1 is 0.931 bits per heavy atom. The number of aromatic nitrogens is 2. The van der Waals surface area contributed by atoms with Crippen LogP contribution in [-0.2, 0) is 4.74 Å². The van der Waals surface area contributed by atoms with Gasteiger partial charge in [-0.1, -0.05) is 24.3 Å². The van der Waals surface area contributed by atoms with Gasteiger partial charge in [-0.15, -0.1) is 10.2 Å². The Bertz CT molecular complexity index is 980. The number of hydrogen-bond acceptors (Lipinski definition) is 5. The highest BCUT2D eigenvalue weighted by atomic mass is 19.1. The van der Waals surface area contributed by atoms with E-state index in [9.17, 15) is 4.39 Å². The lowest BCUT2D eigenvalue weighted by atomic mass is 10.0. The smallest absolute Gasteiger partial charge is 0.159 e. The van der Waals surface area contributed by atoms with Gasteiger partial charge in [-0.05, 0) is 37.1 Å². The van der Waals surface area contributed by atoms with Gasteiger partial charge in [0.25, 0.3) is 0 Å². The highest BCUT2D eigenvalue weighted by molar-refractivity contribution is 6.00. The Morgan fingerprint density at radius 2 is 1.69 bits per heavy atom. The van der Waals surface area contributed by atoms with Crippen molar-refractivity contribution in [2.75, 3.05) is 44.2 Å². The summed E-state index contributed by atoms with van der Waals surface area (Å²) in [6.45, 7) is 5.82. The van der Waals surface area contributed by atoms with Gasteiger partial charge >= 0.3 is 0 Å². The van der Waals surface area contributed by atoms with E-state index in [2.05, 4.69) is 32.1 Å². The Morgan fingerprint density at radius 3 is 2.41 bits per heavy atom. The number of ether oxygens (including phenoxy) is 1. The zero-order valence-corrected chi connectivity index (χ0v) is 16.4. The molecule has 2 fully saturated rings. The molecule has 0 bridgehead atoms. The van der Waals surface area contributed by atoms with Crippen LogP contribution in [0.3, 0.4) is 0 Å². The van der Waals surface area contributed by atoms with E-state index >= 15 is 0 Å². The van der Waals surface area contributed by atoms with Gasteiger partial charge in [-0.25, -0.2) is 4.39 Å². The number of rotatable bonds is 4. The normalized spacial score (nSPS) is 20.4. The van der Waals surface area contributed by atoms with Crippen molar-refractivity contribution in [3.8, 4) is 11.3 Å². The number of hydrogen-bond donors (Lipinski definition) is 0. The summed E-state index contributed by atoms with van der Waals surface area (Å²) in [6.07, 6.45) is 2.77. The largest absolute Gasteiger partial charge is 0.377 e. The Hall–Kier alpha value is -2.57. The lowest BCUT2D eigenvalue weighted by molar-refractivity contribution is 0.0712. The summed E-state index contributed by atoms with van der Waals surface area (Å²) in [4.78, 5) is 4.82.